The van der Waals surface area contributed by atoms with Crippen LogP contribution >= 0.6 is 0 Å². The molecule has 0 amide bonds. The average Bonchev–Trinajstić information content (AvgIpc) is 0.707. The predicted molar refractivity (Wildman–Crippen MR) is 364 cm³/mol. The van der Waals surface area contributed by atoms with E-state index in [0.717, 1.165) is 60.7 Å². The Balaban J connectivity index is 1.02. The fourth-order valence-electron chi connectivity index (χ4n) is 15.8. The van der Waals surface area contributed by atoms with E-state index in [-0.39, 0.29) is 16.7 Å². The van der Waals surface area contributed by atoms with Crippen molar-refractivity contribution in [3.63, 3.8) is 0 Å². The molecule has 0 fully saturated rings. The van der Waals surface area contributed by atoms with Crippen molar-refractivity contribution in [2.75, 3.05) is 0 Å². The van der Waals surface area contributed by atoms with Crippen molar-refractivity contribution >= 4 is 0 Å². The number of phenolic OH excluding ortho intramolecular Hbond substituents is 25. The largest absolute Gasteiger partial charge is 0.508 e. The van der Waals surface area contributed by atoms with Crippen LogP contribution in [0.3, 0.4) is 0 Å². The molecule has 35 heteroatoms. The summed E-state index contributed by atoms with van der Waals surface area (Å²) in [6.45, 7) is 0. The van der Waals surface area contributed by atoms with E-state index in [1.54, 1.807) is 0 Å². The fraction of sp³-hybridized carbons (Fsp3) is 0.200. The zero-order valence-corrected chi connectivity index (χ0v) is 55.5. The Morgan fingerprint density at radius 3 is 0.709 bits per heavy atom. The lowest BCUT2D eigenvalue weighted by Crippen LogP contribution is -2.40. The third-order valence-electron chi connectivity index (χ3n) is 20.6. The molecule has 0 saturated heterocycles. The summed E-state index contributed by atoms with van der Waals surface area (Å²) in [7, 11) is 0. The summed E-state index contributed by atoms with van der Waals surface area (Å²) < 4.78 is 32.3. The Labute approximate surface area is 613 Å². The molecule has 35 nitrogen and oxygen atoms in total. The van der Waals surface area contributed by atoms with Gasteiger partial charge >= 0.3 is 0 Å². The maximum Gasteiger partial charge on any atom is 0.200 e. The second kappa shape index (κ2) is 25.3. The first-order valence-corrected chi connectivity index (χ1v) is 32.8. The van der Waals surface area contributed by atoms with Crippen molar-refractivity contribution in [2.24, 2.45) is 0 Å². The minimum Gasteiger partial charge on any atom is -0.508 e. The van der Waals surface area contributed by atoms with Crippen molar-refractivity contribution in [1.29, 1.82) is 0 Å². The lowest BCUT2D eigenvalue weighted by Gasteiger charge is -2.45. The van der Waals surface area contributed by atoms with E-state index in [1.165, 1.54) is 0 Å². The van der Waals surface area contributed by atoms with Crippen LogP contribution in [0.15, 0.2) is 97.1 Å². The standard InChI is InChI=1S/C75H62O35/c76-23-11-26(78)46-45(12-23)106-68(19-3-36(88)59(98)37(89)4-19)63(102)54(46)48-28(80)15-30(82)50-56(65(104)70(108-73(48)50)21-7-40(92)61(100)41(93)8-21)52-32(84)17-33(85)53-57(66(105)71(110-75(52)53)22-9-42(94)62(101)43(95)10-22)51-31(83)16-29(81)49-55(64(103)69(109-74(49)51)20-5-38(90)60(99)39(91)6-20)47-27(79)14-25(77)24-13-44(96)67(107-72(24)47)18-1-34(86)58(97)35(87)2-18/h1-12,14-17,44,54-57,63-71,76-105H,13H2/t44-,54-,55-,56+,57+,63-,64-,65-,66-,67-,68-,69-,70-,71-/m1/s1. The van der Waals surface area contributed by atoms with Crippen LogP contribution in [0.25, 0.3) is 0 Å². The molecule has 5 aliphatic heterocycles. The van der Waals surface area contributed by atoms with Gasteiger partial charge in [0, 0.05) is 121 Å². The van der Waals surface area contributed by atoms with Gasteiger partial charge in [0.05, 0.1) is 29.8 Å². The molecule has 572 valence electrons. The van der Waals surface area contributed by atoms with Gasteiger partial charge in [0.25, 0.3) is 0 Å². The molecular weight excluding hydrogens is 1460 g/mol. The monoisotopic (exact) mass is 1520 g/mol. The van der Waals surface area contributed by atoms with Gasteiger partial charge in [0.2, 0.25) is 0 Å². The third-order valence-corrected chi connectivity index (χ3v) is 20.6. The zero-order valence-electron chi connectivity index (χ0n) is 55.5. The maximum atomic E-state index is 13.4. The van der Waals surface area contributed by atoms with Crippen molar-refractivity contribution in [2.45, 2.75) is 91.1 Å². The molecule has 0 bridgehead atoms. The molecule has 0 aliphatic carbocycles. The SMILES string of the molecule is Oc1cc(O)c2c(c1)O[C@H](c1cc(O)c(O)c(O)c1)[C@H](O)[C@H]2c1c(O)cc(O)c2c1O[C@H](c1cc(O)c(O)c(O)c1)[C@H](O)[C@@H]2c1c(O)cc(O)c2c1O[C@H](c1cc(O)c(O)c(O)c1)[C@H](O)[C@H]2c1c(O)cc(O)c2c1O[C@H](c1cc(O)c(O)c(O)c1)[C@H](O)[C@@H]2c1c(O)cc(O)c2c1O[C@H](c1cc(O)c(O)c(O)c1)[C@H](O)C2. The first kappa shape index (κ1) is 71.6. The quantitative estimate of drug-likeness (QED) is 0.0751. The Bertz CT molecular complexity index is 5450. The number of fused-ring (bicyclic) bond motifs is 5. The Kier molecular flexibility index (Phi) is 16.5. The smallest absolute Gasteiger partial charge is 0.200 e. The van der Waals surface area contributed by atoms with Gasteiger partial charge in [0.15, 0.2) is 117 Å². The van der Waals surface area contributed by atoms with Crippen molar-refractivity contribution in [1.82, 2.24) is 0 Å². The summed E-state index contributed by atoms with van der Waals surface area (Å²) >= 11 is 0. The van der Waals surface area contributed by atoms with Gasteiger partial charge in [-0.2, -0.15) is 0 Å². The molecule has 0 saturated carbocycles. The van der Waals surface area contributed by atoms with Crippen LogP contribution in [0.5, 0.6) is 172 Å². The van der Waals surface area contributed by atoms with Crippen molar-refractivity contribution < 1.29 is 177 Å². The molecule has 15 rings (SSSR count). The van der Waals surface area contributed by atoms with Crippen LogP contribution in [-0.4, -0.2) is 184 Å². The summed E-state index contributed by atoms with van der Waals surface area (Å²) in [4.78, 5) is 0. The first-order chi connectivity index (χ1) is 52.0. The molecule has 10 aromatic rings. The molecule has 0 aromatic heterocycles. The average molecular weight is 1520 g/mol. The molecule has 30 N–H and O–H groups in total. The van der Waals surface area contributed by atoms with Gasteiger partial charge in [-0.15, -0.1) is 0 Å². The summed E-state index contributed by atoms with van der Waals surface area (Å²) in [5, 5.41) is 349. The Morgan fingerprint density at radius 2 is 0.427 bits per heavy atom. The number of hydrogen-bond donors (Lipinski definition) is 30. The second-order valence-electron chi connectivity index (χ2n) is 27.1. The normalized spacial score (nSPS) is 23.6. The molecule has 110 heavy (non-hydrogen) atoms. The number of ether oxygens (including phenoxy) is 5. The van der Waals surface area contributed by atoms with Crippen LogP contribution in [0.2, 0.25) is 0 Å². The van der Waals surface area contributed by atoms with Gasteiger partial charge in [-0.1, -0.05) is 0 Å². The van der Waals surface area contributed by atoms with E-state index in [9.17, 15) is 153 Å². The Morgan fingerprint density at radius 1 is 0.209 bits per heavy atom. The van der Waals surface area contributed by atoms with Gasteiger partial charge < -0.3 is 177 Å². The minimum atomic E-state index is -2.53. The van der Waals surface area contributed by atoms with Crippen molar-refractivity contribution in [3.8, 4) is 172 Å². The van der Waals surface area contributed by atoms with E-state index in [1.807, 2.05) is 0 Å². The third kappa shape index (κ3) is 10.8. The van der Waals surface area contributed by atoms with Gasteiger partial charge in [-0.3, -0.25) is 0 Å². The highest BCUT2D eigenvalue weighted by Gasteiger charge is 2.56. The zero-order chi connectivity index (χ0) is 79.0. The van der Waals surface area contributed by atoms with Gasteiger partial charge in [-0.05, 0) is 60.7 Å². The molecule has 5 heterocycles. The van der Waals surface area contributed by atoms with Crippen LogP contribution in [-0.2, 0) is 6.42 Å². The summed E-state index contributed by atoms with van der Waals surface area (Å²) in [6, 6.07) is 11.9. The highest BCUT2D eigenvalue weighted by Crippen LogP contribution is 2.68. The van der Waals surface area contributed by atoms with Crippen molar-refractivity contribution in [3.05, 3.63) is 175 Å². The van der Waals surface area contributed by atoms with Gasteiger partial charge in [-0.25, -0.2) is 0 Å². The Hall–Kier alpha value is -14.0. The van der Waals surface area contributed by atoms with E-state index < -0.39 is 325 Å². The number of benzene rings is 10. The van der Waals surface area contributed by atoms with E-state index >= 15 is 0 Å². The lowest BCUT2D eigenvalue weighted by molar-refractivity contribution is -0.0102. The first-order valence-electron chi connectivity index (χ1n) is 32.8. The molecule has 10 aromatic carbocycles. The van der Waals surface area contributed by atoms with Gasteiger partial charge in [0.1, 0.15) is 111 Å². The van der Waals surface area contributed by atoms with Crippen LogP contribution in [0, 0.1) is 0 Å². The number of aliphatic hydroxyl groups is 5. The number of rotatable bonds is 9. The van der Waals surface area contributed by atoms with E-state index in [0.29, 0.717) is 36.4 Å². The molecule has 5 aliphatic rings. The highest BCUT2D eigenvalue weighted by atomic mass is 16.5. The van der Waals surface area contributed by atoms with E-state index in [4.69, 9.17) is 23.7 Å². The fourth-order valence-corrected chi connectivity index (χ4v) is 15.8. The molecule has 14 atom stereocenters. The van der Waals surface area contributed by atoms with Crippen LogP contribution in [0.4, 0.5) is 0 Å². The summed E-state index contributed by atoms with van der Waals surface area (Å²) in [5.41, 5.74) is -8.74. The summed E-state index contributed by atoms with van der Waals surface area (Å²) in [5.74, 6) is -39.3. The van der Waals surface area contributed by atoms with Crippen LogP contribution < -0.4 is 23.7 Å². The second-order valence-corrected chi connectivity index (χ2v) is 27.1. The number of aliphatic hydroxyl groups excluding tert-OH is 5. The topological polar surface area (TPSA) is 653 Å². The molecule has 0 unspecified atom stereocenters. The van der Waals surface area contributed by atoms with E-state index in [2.05, 4.69) is 0 Å². The molecule has 0 spiro atoms. The lowest BCUT2D eigenvalue weighted by atomic mass is 9.71. The molecule has 0 radical (unpaired) electrons. The number of phenols is 25. The van der Waals surface area contributed by atoms with Crippen LogP contribution in [0.1, 0.15) is 132 Å². The summed E-state index contributed by atoms with van der Waals surface area (Å²) in [6.07, 6.45) is -22.4. The highest BCUT2D eigenvalue weighted by molar-refractivity contribution is 5.76. The maximum absolute atomic E-state index is 13.4. The number of aromatic hydroxyl groups is 25. The molecular formula is C75H62O35. The predicted octanol–water partition coefficient (Wildman–Crippen LogP) is 5.87. The number of hydrogen-bond acceptors (Lipinski definition) is 35. The minimum absolute atomic E-state index is 0.265.